The molecule has 0 aliphatic carbocycles. The van der Waals surface area contributed by atoms with Gasteiger partial charge in [0.15, 0.2) is 0 Å². The van der Waals surface area contributed by atoms with E-state index < -0.39 is 0 Å². The molecule has 1 N–H and O–H groups in total. The summed E-state index contributed by atoms with van der Waals surface area (Å²) in [5, 5.41) is 10.5. The average molecular weight is 227 g/mol. The highest BCUT2D eigenvalue weighted by Gasteiger charge is 2.01. The molecule has 0 radical (unpaired) electrons. The van der Waals surface area contributed by atoms with Crippen molar-refractivity contribution in [1.82, 2.24) is 9.59 Å². The maximum absolute atomic E-state index is 3.83. The Kier molecular flexibility index (Phi) is 2.27. The molecule has 1 aromatic heterocycles. The Labute approximate surface area is 96.9 Å². The standard InChI is InChI=1S/C12H9N3S/c1-2-6-10-9(4-1)5-3-7-11(10)14-12-8-13-15-16-12/h1-8,14H. The highest BCUT2D eigenvalue weighted by Crippen LogP contribution is 2.26. The first-order valence-corrected chi connectivity index (χ1v) is 5.73. The third kappa shape index (κ3) is 1.63. The predicted molar refractivity (Wildman–Crippen MR) is 67.1 cm³/mol. The molecule has 2 aromatic carbocycles. The summed E-state index contributed by atoms with van der Waals surface area (Å²) >= 11 is 1.35. The quantitative estimate of drug-likeness (QED) is 0.728. The summed E-state index contributed by atoms with van der Waals surface area (Å²) in [5.74, 6) is 0. The number of anilines is 2. The van der Waals surface area contributed by atoms with Crippen molar-refractivity contribution in [3.05, 3.63) is 48.7 Å². The fourth-order valence-corrected chi connectivity index (χ4v) is 2.12. The molecular formula is C12H9N3S. The number of aromatic nitrogens is 2. The Morgan fingerprint density at radius 3 is 2.75 bits per heavy atom. The molecule has 3 rings (SSSR count). The van der Waals surface area contributed by atoms with E-state index in [9.17, 15) is 0 Å². The molecule has 0 aliphatic rings. The first-order valence-electron chi connectivity index (χ1n) is 4.95. The van der Waals surface area contributed by atoms with Crippen LogP contribution in [-0.2, 0) is 0 Å². The predicted octanol–water partition coefficient (Wildman–Crippen LogP) is 3.43. The van der Waals surface area contributed by atoms with Crippen LogP contribution in [0.15, 0.2) is 48.7 Å². The van der Waals surface area contributed by atoms with E-state index in [0.717, 1.165) is 10.7 Å². The van der Waals surface area contributed by atoms with Crippen molar-refractivity contribution in [3.8, 4) is 0 Å². The second-order valence-corrected chi connectivity index (χ2v) is 4.22. The SMILES string of the molecule is c1ccc2c(Nc3cnns3)cccc2c1. The minimum atomic E-state index is 0.955. The van der Waals surface area contributed by atoms with Gasteiger partial charge in [0.25, 0.3) is 0 Å². The van der Waals surface area contributed by atoms with Gasteiger partial charge in [-0.05, 0) is 11.5 Å². The van der Waals surface area contributed by atoms with Crippen molar-refractivity contribution >= 4 is 33.0 Å². The lowest BCUT2D eigenvalue weighted by atomic mass is 10.1. The molecule has 78 valence electrons. The Balaban J connectivity index is 2.10. The molecule has 3 aromatic rings. The Morgan fingerprint density at radius 2 is 1.88 bits per heavy atom. The minimum Gasteiger partial charge on any atom is -0.344 e. The zero-order chi connectivity index (χ0) is 10.8. The number of hydrogen-bond acceptors (Lipinski definition) is 4. The molecule has 0 unspecified atom stereocenters. The molecule has 0 bridgehead atoms. The molecule has 0 atom stereocenters. The van der Waals surface area contributed by atoms with E-state index in [4.69, 9.17) is 0 Å². The van der Waals surface area contributed by atoms with Crippen LogP contribution in [0.3, 0.4) is 0 Å². The Hall–Kier alpha value is -1.94. The summed E-state index contributed by atoms with van der Waals surface area (Å²) in [6.45, 7) is 0. The summed E-state index contributed by atoms with van der Waals surface area (Å²) in [7, 11) is 0. The van der Waals surface area contributed by atoms with Gasteiger partial charge in [-0.1, -0.05) is 40.9 Å². The van der Waals surface area contributed by atoms with Crippen LogP contribution in [0, 0.1) is 0 Å². The van der Waals surface area contributed by atoms with Crippen molar-refractivity contribution in [2.24, 2.45) is 0 Å². The summed E-state index contributed by atoms with van der Waals surface area (Å²) in [5.41, 5.74) is 1.09. The van der Waals surface area contributed by atoms with E-state index in [1.54, 1.807) is 6.20 Å². The number of fused-ring (bicyclic) bond motifs is 1. The van der Waals surface area contributed by atoms with Crippen LogP contribution < -0.4 is 5.32 Å². The van der Waals surface area contributed by atoms with Crippen LogP contribution in [0.1, 0.15) is 0 Å². The molecule has 0 aliphatic heterocycles. The Bertz CT molecular complexity index is 599. The van der Waals surface area contributed by atoms with Gasteiger partial charge < -0.3 is 5.32 Å². The number of nitrogens with one attached hydrogen (secondary N) is 1. The lowest BCUT2D eigenvalue weighted by molar-refractivity contribution is 1.16. The number of nitrogens with zero attached hydrogens (tertiary/aromatic N) is 2. The number of hydrogen-bond donors (Lipinski definition) is 1. The molecule has 0 amide bonds. The molecule has 16 heavy (non-hydrogen) atoms. The van der Waals surface area contributed by atoms with Gasteiger partial charge >= 0.3 is 0 Å². The zero-order valence-corrected chi connectivity index (χ0v) is 9.24. The third-order valence-corrected chi connectivity index (χ3v) is 2.99. The lowest BCUT2D eigenvalue weighted by Gasteiger charge is -2.06. The number of benzene rings is 2. The van der Waals surface area contributed by atoms with E-state index in [-0.39, 0.29) is 0 Å². The topological polar surface area (TPSA) is 37.8 Å². The van der Waals surface area contributed by atoms with Crippen LogP contribution in [0.2, 0.25) is 0 Å². The molecule has 0 spiro atoms. The minimum absolute atomic E-state index is 0.955. The fourth-order valence-electron chi connectivity index (χ4n) is 1.69. The van der Waals surface area contributed by atoms with E-state index >= 15 is 0 Å². The molecular weight excluding hydrogens is 218 g/mol. The lowest BCUT2D eigenvalue weighted by Crippen LogP contribution is -1.88. The van der Waals surface area contributed by atoms with Crippen LogP contribution in [0.25, 0.3) is 10.8 Å². The van der Waals surface area contributed by atoms with Crippen LogP contribution in [0.4, 0.5) is 10.7 Å². The van der Waals surface area contributed by atoms with Crippen LogP contribution in [0.5, 0.6) is 0 Å². The van der Waals surface area contributed by atoms with Crippen molar-refractivity contribution in [2.45, 2.75) is 0 Å². The highest BCUT2D eigenvalue weighted by atomic mass is 32.1. The maximum Gasteiger partial charge on any atom is 0.134 e. The van der Waals surface area contributed by atoms with Crippen molar-refractivity contribution in [1.29, 1.82) is 0 Å². The molecule has 1 heterocycles. The average Bonchev–Trinajstić information content (AvgIpc) is 2.82. The maximum atomic E-state index is 3.83. The molecule has 0 saturated heterocycles. The van der Waals surface area contributed by atoms with Gasteiger partial charge in [-0.25, -0.2) is 0 Å². The summed E-state index contributed by atoms with van der Waals surface area (Å²) in [4.78, 5) is 0. The van der Waals surface area contributed by atoms with Gasteiger partial charge in [0.1, 0.15) is 5.00 Å². The highest BCUT2D eigenvalue weighted by molar-refractivity contribution is 7.09. The fraction of sp³-hybridized carbons (Fsp3) is 0. The van der Waals surface area contributed by atoms with E-state index in [1.165, 1.54) is 22.3 Å². The van der Waals surface area contributed by atoms with Crippen LogP contribution in [-0.4, -0.2) is 9.59 Å². The summed E-state index contributed by atoms with van der Waals surface area (Å²) in [6.07, 6.45) is 1.73. The van der Waals surface area contributed by atoms with Crippen molar-refractivity contribution < 1.29 is 0 Å². The first-order chi connectivity index (χ1) is 7.93. The van der Waals surface area contributed by atoms with E-state index in [0.29, 0.717) is 0 Å². The summed E-state index contributed by atoms with van der Waals surface area (Å²) < 4.78 is 3.83. The van der Waals surface area contributed by atoms with Gasteiger partial charge in [-0.2, -0.15) is 0 Å². The largest absolute Gasteiger partial charge is 0.344 e. The first kappa shape index (κ1) is 9.30. The van der Waals surface area contributed by atoms with Gasteiger partial charge in [0.05, 0.1) is 6.20 Å². The van der Waals surface area contributed by atoms with Crippen LogP contribution >= 0.6 is 11.5 Å². The van der Waals surface area contributed by atoms with Gasteiger partial charge in [-0.3, -0.25) is 0 Å². The van der Waals surface area contributed by atoms with E-state index in [1.807, 2.05) is 18.2 Å². The number of rotatable bonds is 2. The second-order valence-electron chi connectivity index (χ2n) is 3.43. The van der Waals surface area contributed by atoms with Gasteiger partial charge in [0, 0.05) is 22.6 Å². The third-order valence-electron chi connectivity index (χ3n) is 2.41. The molecule has 0 saturated carbocycles. The second kappa shape index (κ2) is 3.90. The van der Waals surface area contributed by atoms with Gasteiger partial charge in [0.2, 0.25) is 0 Å². The summed E-state index contributed by atoms with van der Waals surface area (Å²) in [6, 6.07) is 14.5. The van der Waals surface area contributed by atoms with Crippen molar-refractivity contribution in [2.75, 3.05) is 5.32 Å². The Morgan fingerprint density at radius 1 is 1.00 bits per heavy atom. The molecule has 0 fully saturated rings. The normalized spacial score (nSPS) is 10.5. The van der Waals surface area contributed by atoms with Crippen molar-refractivity contribution in [3.63, 3.8) is 0 Å². The smallest absolute Gasteiger partial charge is 0.134 e. The molecule has 3 nitrogen and oxygen atoms in total. The molecule has 4 heteroatoms. The van der Waals surface area contributed by atoms with Gasteiger partial charge in [-0.15, -0.1) is 5.10 Å². The monoisotopic (exact) mass is 227 g/mol. The zero-order valence-electron chi connectivity index (χ0n) is 8.42. The van der Waals surface area contributed by atoms with E-state index in [2.05, 4.69) is 39.2 Å².